The van der Waals surface area contributed by atoms with Crippen molar-refractivity contribution in [2.24, 2.45) is 0 Å². The number of thioether (sulfide) groups is 1. The zero-order valence-corrected chi connectivity index (χ0v) is 15.5. The smallest absolute Gasteiger partial charge is 0.321 e. The molecule has 1 heterocycles. The van der Waals surface area contributed by atoms with E-state index in [0.29, 0.717) is 17.4 Å². The predicted molar refractivity (Wildman–Crippen MR) is 101 cm³/mol. The fourth-order valence-corrected chi connectivity index (χ4v) is 3.61. The molecule has 0 unspecified atom stereocenters. The van der Waals surface area contributed by atoms with Crippen LogP contribution in [0.1, 0.15) is 42.1 Å². The predicted octanol–water partition coefficient (Wildman–Crippen LogP) is 3.49. The van der Waals surface area contributed by atoms with Crippen molar-refractivity contribution in [3.63, 3.8) is 0 Å². The average molecular weight is 350 g/mol. The van der Waals surface area contributed by atoms with Crippen molar-refractivity contribution < 1.29 is 9.59 Å². The van der Waals surface area contributed by atoms with Gasteiger partial charge in [0.05, 0.1) is 0 Å². The summed E-state index contributed by atoms with van der Waals surface area (Å²) in [7, 11) is 0. The number of nitrogens with one attached hydrogen (secondary N) is 2. The molecule has 0 bridgehead atoms. The van der Waals surface area contributed by atoms with Crippen LogP contribution >= 0.6 is 11.8 Å². The molecule has 3 amide bonds. The molecule has 0 spiro atoms. The highest BCUT2D eigenvalue weighted by Gasteiger charge is 2.22. The maximum absolute atomic E-state index is 12.6. The van der Waals surface area contributed by atoms with Crippen LogP contribution in [0.15, 0.2) is 18.2 Å². The number of hydrogen-bond acceptors (Lipinski definition) is 3. The number of anilines is 1. The van der Waals surface area contributed by atoms with Crippen LogP contribution in [0.25, 0.3) is 0 Å². The number of amides is 3. The van der Waals surface area contributed by atoms with Crippen LogP contribution in [0.4, 0.5) is 10.5 Å². The molecule has 2 N–H and O–H groups in total. The van der Waals surface area contributed by atoms with Crippen molar-refractivity contribution in [3.05, 3.63) is 29.3 Å². The van der Waals surface area contributed by atoms with Gasteiger partial charge < -0.3 is 15.5 Å². The molecular formula is C18H27N3O2S. The van der Waals surface area contributed by atoms with Gasteiger partial charge in [0.15, 0.2) is 0 Å². The van der Waals surface area contributed by atoms with E-state index in [2.05, 4.69) is 16.9 Å². The van der Waals surface area contributed by atoms with Crippen molar-refractivity contribution in [1.29, 1.82) is 0 Å². The summed E-state index contributed by atoms with van der Waals surface area (Å²) in [5.41, 5.74) is 2.27. The Morgan fingerprint density at radius 1 is 1.33 bits per heavy atom. The lowest BCUT2D eigenvalue weighted by atomic mass is 10.1. The van der Waals surface area contributed by atoms with Gasteiger partial charge in [-0.3, -0.25) is 4.79 Å². The van der Waals surface area contributed by atoms with E-state index in [1.54, 1.807) is 6.07 Å². The topological polar surface area (TPSA) is 61.4 Å². The molecule has 24 heavy (non-hydrogen) atoms. The second kappa shape index (κ2) is 8.97. The number of benzene rings is 1. The Morgan fingerprint density at radius 2 is 2.12 bits per heavy atom. The molecule has 0 radical (unpaired) electrons. The van der Waals surface area contributed by atoms with E-state index in [1.165, 1.54) is 12.8 Å². The lowest BCUT2D eigenvalue weighted by Gasteiger charge is -2.24. The van der Waals surface area contributed by atoms with E-state index in [9.17, 15) is 9.59 Å². The minimum atomic E-state index is -0.0891. The molecule has 1 saturated heterocycles. The van der Waals surface area contributed by atoms with Gasteiger partial charge in [-0.25, -0.2) is 4.79 Å². The van der Waals surface area contributed by atoms with Crippen molar-refractivity contribution >= 4 is 29.4 Å². The second-order valence-corrected chi connectivity index (χ2v) is 7.26. The zero-order chi connectivity index (χ0) is 17.5. The molecule has 5 nitrogen and oxygen atoms in total. The maximum Gasteiger partial charge on any atom is 0.321 e. The minimum Gasteiger partial charge on any atom is -0.352 e. The van der Waals surface area contributed by atoms with Crippen LogP contribution < -0.4 is 10.6 Å². The normalized spacial score (nSPS) is 18.0. The molecule has 1 atom stereocenters. The first kappa shape index (κ1) is 18.6. The van der Waals surface area contributed by atoms with Crippen molar-refractivity contribution in [1.82, 2.24) is 10.2 Å². The molecule has 6 heteroatoms. The summed E-state index contributed by atoms with van der Waals surface area (Å²) in [4.78, 5) is 26.4. The Labute approximate surface area is 148 Å². The molecule has 0 aromatic heterocycles. The summed E-state index contributed by atoms with van der Waals surface area (Å²) in [6.07, 6.45) is 5.51. The number of nitrogens with zero attached hydrogens (tertiary/aromatic N) is 1. The fourth-order valence-electron chi connectivity index (χ4n) is 2.88. The van der Waals surface area contributed by atoms with Gasteiger partial charge in [-0.05, 0) is 56.7 Å². The Hall–Kier alpha value is -1.69. The summed E-state index contributed by atoms with van der Waals surface area (Å²) in [5, 5.41) is 6.29. The van der Waals surface area contributed by atoms with E-state index >= 15 is 0 Å². The molecule has 1 fully saturated rings. The third kappa shape index (κ3) is 4.90. The van der Waals surface area contributed by atoms with Crippen LogP contribution in [-0.4, -0.2) is 48.0 Å². The summed E-state index contributed by atoms with van der Waals surface area (Å²) < 4.78 is 0. The van der Waals surface area contributed by atoms with Gasteiger partial charge in [0, 0.05) is 36.1 Å². The first-order valence-corrected chi connectivity index (χ1v) is 9.81. The zero-order valence-electron chi connectivity index (χ0n) is 14.7. The maximum atomic E-state index is 12.6. The van der Waals surface area contributed by atoms with Crippen LogP contribution in [0.2, 0.25) is 0 Å². The SMILES string of the molecule is CCNC(=O)c1ccc(NC(=O)N2CCCC[C@H](SC)C2)c(C)c1. The first-order chi connectivity index (χ1) is 11.5. The van der Waals surface area contributed by atoms with E-state index in [-0.39, 0.29) is 11.9 Å². The summed E-state index contributed by atoms with van der Waals surface area (Å²) in [6, 6.07) is 5.32. The van der Waals surface area contributed by atoms with E-state index in [1.807, 2.05) is 42.6 Å². The Morgan fingerprint density at radius 3 is 2.79 bits per heavy atom. The third-order valence-electron chi connectivity index (χ3n) is 4.32. The van der Waals surface area contributed by atoms with Gasteiger partial charge in [0.25, 0.3) is 5.91 Å². The van der Waals surface area contributed by atoms with E-state index in [0.717, 1.165) is 30.8 Å². The number of aryl methyl sites for hydroxylation is 1. The average Bonchev–Trinajstić information content (AvgIpc) is 2.82. The van der Waals surface area contributed by atoms with Crippen LogP contribution in [0, 0.1) is 6.92 Å². The molecule has 1 aromatic rings. The number of rotatable bonds is 4. The van der Waals surface area contributed by atoms with Crippen molar-refractivity contribution in [3.8, 4) is 0 Å². The van der Waals surface area contributed by atoms with Gasteiger partial charge in [-0.2, -0.15) is 11.8 Å². The van der Waals surface area contributed by atoms with Crippen LogP contribution in [-0.2, 0) is 0 Å². The lowest BCUT2D eigenvalue weighted by molar-refractivity contribution is 0.0955. The van der Waals surface area contributed by atoms with Crippen molar-refractivity contribution in [2.45, 2.75) is 38.4 Å². The molecule has 1 aromatic carbocycles. The second-order valence-electron chi connectivity index (χ2n) is 6.12. The van der Waals surface area contributed by atoms with Gasteiger partial charge in [0.1, 0.15) is 0 Å². The highest BCUT2D eigenvalue weighted by molar-refractivity contribution is 7.99. The van der Waals surface area contributed by atoms with Gasteiger partial charge in [-0.1, -0.05) is 6.42 Å². The molecule has 0 aliphatic carbocycles. The summed E-state index contributed by atoms with van der Waals surface area (Å²) >= 11 is 1.83. The minimum absolute atomic E-state index is 0.0511. The Bertz CT molecular complexity index is 592. The molecule has 1 aliphatic rings. The standard InChI is InChI=1S/C18H27N3O2S/c1-4-19-17(22)14-8-9-16(13(2)11-14)20-18(23)21-10-6-5-7-15(12-21)24-3/h8-9,11,15H,4-7,10,12H2,1-3H3,(H,19,22)(H,20,23)/t15-/m0/s1. The highest BCUT2D eigenvalue weighted by Crippen LogP contribution is 2.22. The number of carbonyl (C=O) groups is 2. The van der Waals surface area contributed by atoms with Crippen molar-refractivity contribution in [2.75, 3.05) is 31.2 Å². The highest BCUT2D eigenvalue weighted by atomic mass is 32.2. The van der Waals surface area contributed by atoms with Gasteiger partial charge >= 0.3 is 6.03 Å². The number of carbonyl (C=O) groups excluding carboxylic acids is 2. The Kier molecular flexibility index (Phi) is 6.97. The van der Waals surface area contributed by atoms with E-state index in [4.69, 9.17) is 0 Å². The number of hydrogen-bond donors (Lipinski definition) is 2. The monoisotopic (exact) mass is 349 g/mol. The van der Waals surface area contributed by atoms with Gasteiger partial charge in [0.2, 0.25) is 0 Å². The molecule has 2 rings (SSSR count). The third-order valence-corrected chi connectivity index (χ3v) is 5.37. The lowest BCUT2D eigenvalue weighted by Crippen LogP contribution is -2.38. The first-order valence-electron chi connectivity index (χ1n) is 8.52. The van der Waals surface area contributed by atoms with Crippen LogP contribution in [0.3, 0.4) is 0 Å². The molecule has 0 saturated carbocycles. The number of urea groups is 1. The van der Waals surface area contributed by atoms with Crippen LogP contribution in [0.5, 0.6) is 0 Å². The van der Waals surface area contributed by atoms with Gasteiger partial charge in [-0.15, -0.1) is 0 Å². The molecular weight excluding hydrogens is 322 g/mol. The molecule has 132 valence electrons. The van der Waals surface area contributed by atoms with E-state index < -0.39 is 0 Å². The Balaban J connectivity index is 2.04. The number of likely N-dealkylation sites (tertiary alicyclic amines) is 1. The quantitative estimate of drug-likeness (QED) is 0.875. The fraction of sp³-hybridized carbons (Fsp3) is 0.556. The largest absolute Gasteiger partial charge is 0.352 e. The summed E-state index contributed by atoms with van der Waals surface area (Å²) in [5.74, 6) is -0.0891. The molecule has 1 aliphatic heterocycles. The summed E-state index contributed by atoms with van der Waals surface area (Å²) in [6.45, 7) is 6.00.